The molecule has 3 aromatic rings. The summed E-state index contributed by atoms with van der Waals surface area (Å²) in [5, 5.41) is 8.00. The molecule has 0 aliphatic carbocycles. The average molecular weight is 381 g/mol. The molecule has 7 nitrogen and oxygen atoms in total. The molecule has 1 aliphatic rings. The van der Waals surface area contributed by atoms with E-state index in [0.717, 1.165) is 59.8 Å². The van der Waals surface area contributed by atoms with Crippen molar-refractivity contribution in [3.8, 4) is 11.5 Å². The molecule has 1 saturated heterocycles. The maximum absolute atomic E-state index is 5.51. The number of hydrogen-bond acceptors (Lipinski definition) is 6. The fraction of sp³-hybridized carbons (Fsp3) is 0.429. The first-order valence-electron chi connectivity index (χ1n) is 9.69. The molecule has 0 spiro atoms. The molecule has 1 aromatic carbocycles. The van der Waals surface area contributed by atoms with Gasteiger partial charge in [0.2, 0.25) is 0 Å². The summed E-state index contributed by atoms with van der Waals surface area (Å²) in [5.41, 5.74) is 3.24. The van der Waals surface area contributed by atoms with Crippen molar-refractivity contribution in [1.82, 2.24) is 19.9 Å². The standard InChI is InChI=1S/C21H27N5O2/c1-14-12-26(16-6-8-22-9-7-16)21-19(14)20(24-13-25-21)23-11-15-4-5-17(27-2)10-18(15)28-3/h4-5,10,12-13,16,22H,6-9,11H2,1-3H3,(H,23,24,25). The fourth-order valence-corrected chi connectivity index (χ4v) is 3.94. The molecule has 0 atom stereocenters. The van der Waals surface area contributed by atoms with Crippen molar-refractivity contribution >= 4 is 16.9 Å². The Bertz CT molecular complexity index is 963. The van der Waals surface area contributed by atoms with E-state index in [1.165, 1.54) is 5.56 Å². The first kappa shape index (κ1) is 18.6. The second-order valence-electron chi connectivity index (χ2n) is 7.15. The van der Waals surface area contributed by atoms with Crippen LogP contribution in [-0.2, 0) is 6.54 Å². The van der Waals surface area contributed by atoms with Gasteiger partial charge < -0.3 is 24.7 Å². The van der Waals surface area contributed by atoms with E-state index in [1.807, 2.05) is 18.2 Å². The minimum atomic E-state index is 0.488. The number of ether oxygens (including phenoxy) is 2. The third-order valence-corrected chi connectivity index (χ3v) is 5.44. The number of hydrogen-bond donors (Lipinski definition) is 2. The Morgan fingerprint density at radius 1 is 1.18 bits per heavy atom. The van der Waals surface area contributed by atoms with Gasteiger partial charge >= 0.3 is 0 Å². The molecule has 1 aliphatic heterocycles. The van der Waals surface area contributed by atoms with Gasteiger partial charge in [-0.2, -0.15) is 0 Å². The van der Waals surface area contributed by atoms with Gasteiger partial charge in [-0.15, -0.1) is 0 Å². The van der Waals surface area contributed by atoms with Crippen LogP contribution in [0.1, 0.15) is 30.0 Å². The van der Waals surface area contributed by atoms with Crippen molar-refractivity contribution < 1.29 is 9.47 Å². The first-order chi connectivity index (χ1) is 13.7. The lowest BCUT2D eigenvalue weighted by atomic mass is 10.1. The SMILES string of the molecule is COc1ccc(CNc2ncnc3c2c(C)cn3C2CCNCC2)c(OC)c1. The topological polar surface area (TPSA) is 73.2 Å². The highest BCUT2D eigenvalue weighted by molar-refractivity contribution is 5.90. The van der Waals surface area contributed by atoms with Crippen LogP contribution in [0, 0.1) is 6.92 Å². The number of aryl methyl sites for hydroxylation is 1. The van der Waals surface area contributed by atoms with Gasteiger partial charge in [-0.3, -0.25) is 0 Å². The molecule has 0 saturated carbocycles. The predicted octanol–water partition coefficient (Wildman–Crippen LogP) is 3.29. The van der Waals surface area contributed by atoms with Gasteiger partial charge in [-0.25, -0.2) is 9.97 Å². The molecule has 3 heterocycles. The molecule has 2 N–H and O–H groups in total. The minimum Gasteiger partial charge on any atom is -0.497 e. The van der Waals surface area contributed by atoms with Crippen molar-refractivity contribution in [2.75, 3.05) is 32.6 Å². The number of aromatic nitrogens is 3. The Morgan fingerprint density at radius 2 is 2.00 bits per heavy atom. The summed E-state index contributed by atoms with van der Waals surface area (Å²) < 4.78 is 13.1. The molecule has 1 fully saturated rings. The van der Waals surface area contributed by atoms with Crippen LogP contribution in [-0.4, -0.2) is 41.8 Å². The smallest absolute Gasteiger partial charge is 0.145 e. The van der Waals surface area contributed by atoms with Gasteiger partial charge in [0.15, 0.2) is 0 Å². The average Bonchev–Trinajstić information content (AvgIpc) is 3.10. The third kappa shape index (κ3) is 3.49. The predicted molar refractivity (Wildman–Crippen MR) is 110 cm³/mol. The molecule has 0 amide bonds. The molecule has 7 heteroatoms. The van der Waals surface area contributed by atoms with Crippen LogP contribution < -0.4 is 20.1 Å². The molecule has 4 rings (SSSR count). The van der Waals surface area contributed by atoms with Gasteiger partial charge in [0.05, 0.1) is 19.6 Å². The van der Waals surface area contributed by atoms with Crippen molar-refractivity contribution in [1.29, 1.82) is 0 Å². The monoisotopic (exact) mass is 381 g/mol. The molecular formula is C21H27N5O2. The van der Waals surface area contributed by atoms with Crippen LogP contribution in [0.15, 0.2) is 30.7 Å². The Labute approximate surface area is 165 Å². The van der Waals surface area contributed by atoms with E-state index < -0.39 is 0 Å². The highest BCUT2D eigenvalue weighted by Gasteiger charge is 2.20. The number of methoxy groups -OCH3 is 2. The number of nitrogens with zero attached hydrogens (tertiary/aromatic N) is 3. The number of benzene rings is 1. The Balaban J connectivity index is 1.62. The lowest BCUT2D eigenvalue weighted by Crippen LogP contribution is -2.29. The summed E-state index contributed by atoms with van der Waals surface area (Å²) in [6.45, 7) is 4.84. The molecule has 148 valence electrons. The van der Waals surface area contributed by atoms with Crippen LogP contribution in [0.4, 0.5) is 5.82 Å². The Kier molecular flexibility index (Phi) is 5.34. The lowest BCUT2D eigenvalue weighted by Gasteiger charge is -2.24. The van der Waals surface area contributed by atoms with Gasteiger partial charge in [0.1, 0.15) is 29.3 Å². The third-order valence-electron chi connectivity index (χ3n) is 5.44. The zero-order valence-corrected chi connectivity index (χ0v) is 16.7. The lowest BCUT2D eigenvalue weighted by molar-refractivity contribution is 0.374. The number of fused-ring (bicyclic) bond motifs is 1. The van der Waals surface area contributed by atoms with E-state index in [9.17, 15) is 0 Å². The highest BCUT2D eigenvalue weighted by atomic mass is 16.5. The maximum Gasteiger partial charge on any atom is 0.145 e. The van der Waals surface area contributed by atoms with E-state index in [1.54, 1.807) is 20.5 Å². The van der Waals surface area contributed by atoms with E-state index in [-0.39, 0.29) is 0 Å². The molecule has 0 unspecified atom stereocenters. The second kappa shape index (κ2) is 8.06. The summed E-state index contributed by atoms with van der Waals surface area (Å²) in [6, 6.07) is 6.33. The normalized spacial score (nSPS) is 15.0. The zero-order chi connectivity index (χ0) is 19.5. The van der Waals surface area contributed by atoms with Crippen molar-refractivity contribution in [3.05, 3.63) is 41.9 Å². The molecule has 2 aromatic heterocycles. The van der Waals surface area contributed by atoms with E-state index >= 15 is 0 Å². The summed E-state index contributed by atoms with van der Waals surface area (Å²) in [5.74, 6) is 2.43. The van der Waals surface area contributed by atoms with E-state index in [0.29, 0.717) is 12.6 Å². The molecule has 0 radical (unpaired) electrons. The number of rotatable bonds is 6. The van der Waals surface area contributed by atoms with Crippen LogP contribution in [0.25, 0.3) is 11.0 Å². The first-order valence-corrected chi connectivity index (χ1v) is 9.69. The van der Waals surface area contributed by atoms with Gasteiger partial charge in [0, 0.05) is 30.4 Å². The number of anilines is 1. The van der Waals surface area contributed by atoms with Crippen LogP contribution in [0.3, 0.4) is 0 Å². The Morgan fingerprint density at radius 3 is 2.75 bits per heavy atom. The fourth-order valence-electron chi connectivity index (χ4n) is 3.94. The maximum atomic E-state index is 5.51. The van der Waals surface area contributed by atoms with Crippen LogP contribution in [0.2, 0.25) is 0 Å². The Hall–Kier alpha value is -2.80. The molecule has 0 bridgehead atoms. The van der Waals surface area contributed by atoms with E-state index in [2.05, 4.69) is 38.3 Å². The number of nitrogens with one attached hydrogen (secondary N) is 2. The zero-order valence-electron chi connectivity index (χ0n) is 16.7. The van der Waals surface area contributed by atoms with Crippen LogP contribution >= 0.6 is 0 Å². The minimum absolute atomic E-state index is 0.488. The van der Waals surface area contributed by atoms with Gasteiger partial charge in [0.25, 0.3) is 0 Å². The van der Waals surface area contributed by atoms with Crippen molar-refractivity contribution in [3.63, 3.8) is 0 Å². The molecular weight excluding hydrogens is 354 g/mol. The second-order valence-corrected chi connectivity index (χ2v) is 7.15. The van der Waals surface area contributed by atoms with E-state index in [4.69, 9.17) is 9.47 Å². The number of piperidine rings is 1. The van der Waals surface area contributed by atoms with Gasteiger partial charge in [-0.1, -0.05) is 0 Å². The summed E-state index contributed by atoms with van der Waals surface area (Å²) in [6.07, 6.45) is 6.11. The van der Waals surface area contributed by atoms with Gasteiger partial charge in [-0.05, 0) is 50.6 Å². The largest absolute Gasteiger partial charge is 0.497 e. The van der Waals surface area contributed by atoms with Crippen LogP contribution in [0.5, 0.6) is 11.5 Å². The summed E-state index contributed by atoms with van der Waals surface area (Å²) in [7, 11) is 3.32. The highest BCUT2D eigenvalue weighted by Crippen LogP contribution is 2.31. The molecule has 28 heavy (non-hydrogen) atoms. The van der Waals surface area contributed by atoms with Crippen molar-refractivity contribution in [2.45, 2.75) is 32.4 Å². The summed E-state index contributed by atoms with van der Waals surface area (Å²) in [4.78, 5) is 9.12. The quantitative estimate of drug-likeness (QED) is 0.683. The summed E-state index contributed by atoms with van der Waals surface area (Å²) >= 11 is 0. The van der Waals surface area contributed by atoms with Crippen molar-refractivity contribution in [2.24, 2.45) is 0 Å².